The van der Waals surface area contributed by atoms with Crippen LogP contribution >= 0.6 is 12.4 Å². The van der Waals surface area contributed by atoms with Crippen LogP contribution in [0.15, 0.2) is 24.3 Å². The number of carbonyl (C=O) groups excluding carboxylic acids is 1. The summed E-state index contributed by atoms with van der Waals surface area (Å²) in [6, 6.07) is 5.94. The minimum absolute atomic E-state index is 0. The van der Waals surface area contributed by atoms with Gasteiger partial charge >= 0.3 is 6.61 Å². The minimum Gasteiger partial charge on any atom is -0.435 e. The Morgan fingerprint density at radius 3 is 2.80 bits per heavy atom. The molecule has 1 aliphatic carbocycles. The predicted octanol–water partition coefficient (Wildman–Crippen LogP) is 2.65. The molecule has 112 valence electrons. The van der Waals surface area contributed by atoms with Gasteiger partial charge in [-0.25, -0.2) is 0 Å². The number of hydrogen-bond acceptors (Lipinski definition) is 3. The molecule has 0 atom stereocenters. The molecule has 1 aliphatic rings. The first-order valence-electron chi connectivity index (χ1n) is 6.19. The molecule has 2 N–H and O–H groups in total. The minimum atomic E-state index is -2.87. The van der Waals surface area contributed by atoms with E-state index in [9.17, 15) is 13.6 Å². The summed E-state index contributed by atoms with van der Waals surface area (Å²) in [5.41, 5.74) is 0.441. The van der Waals surface area contributed by atoms with Crippen LogP contribution in [0, 0.1) is 5.92 Å². The zero-order valence-corrected chi connectivity index (χ0v) is 11.6. The Labute approximate surface area is 122 Å². The van der Waals surface area contributed by atoms with Crippen molar-refractivity contribution in [2.75, 3.05) is 18.4 Å². The van der Waals surface area contributed by atoms with Crippen molar-refractivity contribution in [1.29, 1.82) is 0 Å². The first-order chi connectivity index (χ1) is 9.13. The second-order valence-corrected chi connectivity index (χ2v) is 4.53. The Hall–Kier alpha value is -1.40. The van der Waals surface area contributed by atoms with E-state index in [1.807, 2.05) is 0 Å². The van der Waals surface area contributed by atoms with E-state index in [0.29, 0.717) is 11.6 Å². The lowest BCUT2D eigenvalue weighted by Crippen LogP contribution is -2.29. The third-order valence-corrected chi connectivity index (χ3v) is 2.76. The lowest BCUT2D eigenvalue weighted by Gasteiger charge is -2.08. The molecule has 0 bridgehead atoms. The molecule has 20 heavy (non-hydrogen) atoms. The average molecular weight is 307 g/mol. The molecule has 1 saturated carbocycles. The van der Waals surface area contributed by atoms with E-state index >= 15 is 0 Å². The van der Waals surface area contributed by atoms with E-state index in [0.717, 1.165) is 6.54 Å². The summed E-state index contributed by atoms with van der Waals surface area (Å²) in [5, 5.41) is 5.67. The van der Waals surface area contributed by atoms with Crippen LogP contribution in [0.4, 0.5) is 14.5 Å². The number of nitrogens with one attached hydrogen (secondary N) is 2. The van der Waals surface area contributed by atoms with Crippen molar-refractivity contribution in [2.45, 2.75) is 19.5 Å². The first kappa shape index (κ1) is 16.7. The van der Waals surface area contributed by atoms with Gasteiger partial charge in [-0.15, -0.1) is 12.4 Å². The number of halogens is 3. The summed E-state index contributed by atoms with van der Waals surface area (Å²) in [6.45, 7) is -1.80. The van der Waals surface area contributed by atoms with Crippen LogP contribution in [0.5, 0.6) is 5.75 Å². The highest BCUT2D eigenvalue weighted by atomic mass is 35.5. The monoisotopic (exact) mass is 306 g/mol. The first-order valence-corrected chi connectivity index (χ1v) is 6.19. The zero-order valence-electron chi connectivity index (χ0n) is 10.8. The molecule has 0 radical (unpaired) electrons. The lowest BCUT2D eigenvalue weighted by molar-refractivity contribution is -0.115. The van der Waals surface area contributed by atoms with E-state index in [1.54, 1.807) is 12.1 Å². The second kappa shape index (κ2) is 8.01. The summed E-state index contributed by atoms with van der Waals surface area (Å²) in [4.78, 5) is 11.6. The van der Waals surface area contributed by atoms with Gasteiger partial charge in [-0.1, -0.05) is 6.07 Å². The van der Waals surface area contributed by atoms with E-state index < -0.39 is 6.61 Å². The van der Waals surface area contributed by atoms with Crippen molar-refractivity contribution < 1.29 is 18.3 Å². The lowest BCUT2D eigenvalue weighted by atomic mass is 10.3. The fraction of sp³-hybridized carbons (Fsp3) is 0.462. The summed E-state index contributed by atoms with van der Waals surface area (Å²) < 4.78 is 28.3. The summed E-state index contributed by atoms with van der Waals surface area (Å²) in [5.74, 6) is 0.532. The predicted molar refractivity (Wildman–Crippen MR) is 74.5 cm³/mol. The van der Waals surface area contributed by atoms with E-state index in [1.165, 1.54) is 25.0 Å². The number of benzene rings is 1. The molecular formula is C13H17ClF2N2O2. The van der Waals surface area contributed by atoms with Gasteiger partial charge in [-0.2, -0.15) is 8.78 Å². The van der Waals surface area contributed by atoms with Crippen LogP contribution in [-0.2, 0) is 4.79 Å². The quantitative estimate of drug-likeness (QED) is 0.814. The Kier molecular flexibility index (Phi) is 6.67. The fourth-order valence-corrected chi connectivity index (χ4v) is 1.67. The molecule has 0 spiro atoms. The normalized spacial score (nSPS) is 13.8. The van der Waals surface area contributed by atoms with E-state index in [2.05, 4.69) is 15.4 Å². The Morgan fingerprint density at radius 2 is 2.15 bits per heavy atom. The molecule has 4 nitrogen and oxygen atoms in total. The second-order valence-electron chi connectivity index (χ2n) is 4.53. The highest BCUT2D eigenvalue weighted by Gasteiger charge is 2.20. The van der Waals surface area contributed by atoms with Crippen LogP contribution in [0.3, 0.4) is 0 Å². The maximum Gasteiger partial charge on any atom is 0.387 e. The van der Waals surface area contributed by atoms with E-state index in [-0.39, 0.29) is 30.6 Å². The third-order valence-electron chi connectivity index (χ3n) is 2.76. The van der Waals surface area contributed by atoms with Crippen molar-refractivity contribution in [3.8, 4) is 5.75 Å². The van der Waals surface area contributed by atoms with Gasteiger partial charge in [0.15, 0.2) is 0 Å². The maximum absolute atomic E-state index is 12.0. The van der Waals surface area contributed by atoms with Crippen LogP contribution in [0.25, 0.3) is 0 Å². The van der Waals surface area contributed by atoms with E-state index in [4.69, 9.17) is 0 Å². The van der Waals surface area contributed by atoms with Gasteiger partial charge in [-0.05, 0) is 37.4 Å². The average Bonchev–Trinajstić information content (AvgIpc) is 3.12. The highest BCUT2D eigenvalue weighted by molar-refractivity contribution is 5.92. The molecule has 0 aliphatic heterocycles. The molecule has 0 saturated heterocycles. The fourth-order valence-electron chi connectivity index (χ4n) is 1.67. The molecule has 0 aromatic heterocycles. The third kappa shape index (κ3) is 6.16. The zero-order chi connectivity index (χ0) is 13.7. The highest BCUT2D eigenvalue weighted by Crippen LogP contribution is 2.27. The summed E-state index contributed by atoms with van der Waals surface area (Å²) in [6.07, 6.45) is 2.45. The summed E-state index contributed by atoms with van der Waals surface area (Å²) >= 11 is 0. The van der Waals surface area contributed by atoms with Crippen LogP contribution in [-0.4, -0.2) is 25.6 Å². The van der Waals surface area contributed by atoms with Crippen molar-refractivity contribution in [3.63, 3.8) is 0 Å². The van der Waals surface area contributed by atoms with Crippen molar-refractivity contribution in [1.82, 2.24) is 5.32 Å². The largest absolute Gasteiger partial charge is 0.435 e. The van der Waals surface area contributed by atoms with Crippen LogP contribution in [0.1, 0.15) is 12.8 Å². The van der Waals surface area contributed by atoms with Crippen LogP contribution in [0.2, 0.25) is 0 Å². The Morgan fingerprint density at radius 1 is 1.40 bits per heavy atom. The maximum atomic E-state index is 12.0. The van der Waals surface area contributed by atoms with Gasteiger partial charge in [0, 0.05) is 11.8 Å². The molecule has 1 aromatic carbocycles. The number of rotatable bonds is 7. The molecule has 7 heteroatoms. The topological polar surface area (TPSA) is 50.4 Å². The number of carbonyl (C=O) groups is 1. The van der Waals surface area contributed by atoms with Crippen molar-refractivity contribution in [3.05, 3.63) is 24.3 Å². The van der Waals surface area contributed by atoms with Gasteiger partial charge in [0.05, 0.1) is 6.54 Å². The molecule has 0 heterocycles. The number of alkyl halides is 2. The number of hydrogen-bond donors (Lipinski definition) is 2. The summed E-state index contributed by atoms with van der Waals surface area (Å²) in [7, 11) is 0. The van der Waals surface area contributed by atoms with Gasteiger partial charge in [0.25, 0.3) is 0 Å². The Bertz CT molecular complexity index is 442. The van der Waals surface area contributed by atoms with Gasteiger partial charge in [-0.3, -0.25) is 4.79 Å². The van der Waals surface area contributed by atoms with Crippen LogP contribution < -0.4 is 15.4 Å². The van der Waals surface area contributed by atoms with Gasteiger partial charge < -0.3 is 15.4 Å². The standard InChI is InChI=1S/C13H16F2N2O2.ClH/c14-13(15)19-11-3-1-2-10(6-11)17-12(18)8-16-7-9-4-5-9;/h1-3,6,9,13,16H,4-5,7-8H2,(H,17,18);1H. The van der Waals surface area contributed by atoms with Gasteiger partial charge in [0.2, 0.25) is 5.91 Å². The molecule has 1 amide bonds. The molecule has 1 fully saturated rings. The number of amides is 1. The van der Waals surface area contributed by atoms with Crippen molar-refractivity contribution >= 4 is 24.0 Å². The molecule has 0 unspecified atom stereocenters. The number of anilines is 1. The molecule has 1 aromatic rings. The smallest absolute Gasteiger partial charge is 0.387 e. The molecule has 2 rings (SSSR count). The SMILES string of the molecule is Cl.O=C(CNCC1CC1)Nc1cccc(OC(F)F)c1. The van der Waals surface area contributed by atoms with Gasteiger partial charge in [0.1, 0.15) is 5.75 Å². The van der Waals surface area contributed by atoms with Crippen molar-refractivity contribution in [2.24, 2.45) is 5.92 Å². The number of ether oxygens (including phenoxy) is 1. The Balaban J connectivity index is 0.00000200. The molecular weight excluding hydrogens is 290 g/mol.